The predicted octanol–water partition coefficient (Wildman–Crippen LogP) is 0.876. The Kier molecular flexibility index (Phi) is 3.83. The summed E-state index contributed by atoms with van der Waals surface area (Å²) in [4.78, 5) is 35.7. The Morgan fingerprint density at radius 2 is 2.05 bits per heavy atom. The number of ether oxygens (including phenoxy) is 2. The fourth-order valence-corrected chi connectivity index (χ4v) is 4.55. The summed E-state index contributed by atoms with van der Waals surface area (Å²) in [5.41, 5.74) is 0. The smallest absolute Gasteiger partial charge is 0.333 e. The van der Waals surface area contributed by atoms with E-state index in [2.05, 4.69) is 20.7 Å². The van der Waals surface area contributed by atoms with Crippen molar-refractivity contribution in [2.24, 2.45) is 0 Å². The number of hydrogen-bond acceptors (Lipinski definition) is 6. The second kappa shape index (κ2) is 4.97. The Morgan fingerprint density at radius 1 is 1.42 bits per heavy atom. The minimum absolute atomic E-state index is 0.0474. The van der Waals surface area contributed by atoms with Crippen molar-refractivity contribution in [3.63, 3.8) is 0 Å². The van der Waals surface area contributed by atoms with E-state index in [0.717, 1.165) is 0 Å². The topological polar surface area (TPSA) is 72.9 Å². The second-order valence-corrected chi connectivity index (χ2v) is 7.64. The van der Waals surface area contributed by atoms with Gasteiger partial charge in [-0.1, -0.05) is 15.9 Å². The van der Waals surface area contributed by atoms with Crippen LogP contribution in [0.2, 0.25) is 0 Å². The normalized spacial score (nSPS) is 31.5. The second-order valence-electron chi connectivity index (χ2n) is 4.88. The summed E-state index contributed by atoms with van der Waals surface area (Å²) in [6.07, 6.45) is 0. The van der Waals surface area contributed by atoms with Crippen LogP contribution in [0.15, 0.2) is 0 Å². The number of alkyl halides is 1. The van der Waals surface area contributed by atoms with Gasteiger partial charge in [-0.25, -0.2) is 4.79 Å². The van der Waals surface area contributed by atoms with Crippen molar-refractivity contribution in [3.8, 4) is 0 Å². The summed E-state index contributed by atoms with van der Waals surface area (Å²) in [5, 5.41) is -0.0474. The van der Waals surface area contributed by atoms with E-state index in [-0.39, 0.29) is 16.1 Å². The Morgan fingerprint density at radius 3 is 2.63 bits per heavy atom. The van der Waals surface area contributed by atoms with Crippen LogP contribution in [0, 0.1) is 0 Å². The molecule has 1 amide bonds. The lowest BCUT2D eigenvalue weighted by Gasteiger charge is -2.41. The zero-order valence-corrected chi connectivity index (χ0v) is 13.1. The molecular weight excluding hydrogens is 338 g/mol. The lowest BCUT2D eigenvalue weighted by molar-refractivity contribution is -0.174. The number of hydrogen-bond donors (Lipinski definition) is 0. The van der Waals surface area contributed by atoms with Crippen LogP contribution in [0.5, 0.6) is 0 Å². The van der Waals surface area contributed by atoms with Crippen molar-refractivity contribution < 1.29 is 23.9 Å². The van der Waals surface area contributed by atoms with Crippen LogP contribution < -0.4 is 0 Å². The van der Waals surface area contributed by atoms with Crippen LogP contribution in [-0.4, -0.2) is 50.5 Å². The van der Waals surface area contributed by atoms with Gasteiger partial charge in [-0.2, -0.15) is 0 Å². The third kappa shape index (κ3) is 2.47. The Balaban J connectivity index is 2.03. The van der Waals surface area contributed by atoms with Gasteiger partial charge in [0.15, 0.2) is 0 Å². The highest BCUT2D eigenvalue weighted by Gasteiger charge is 2.63. The van der Waals surface area contributed by atoms with Gasteiger partial charge in [-0.3, -0.25) is 9.59 Å². The summed E-state index contributed by atoms with van der Waals surface area (Å²) in [6.45, 7) is 4.59. The minimum atomic E-state index is -0.653. The van der Waals surface area contributed by atoms with E-state index in [1.807, 2.05) is 13.8 Å². The van der Waals surface area contributed by atoms with Crippen LogP contribution in [0.3, 0.4) is 0 Å². The number of carbonyl (C=O) groups excluding carboxylic acids is 3. The number of esters is 2. The molecule has 0 radical (unpaired) electrons. The number of fused-ring (bicyclic) bond motifs is 1. The zero-order valence-electron chi connectivity index (χ0n) is 10.7. The van der Waals surface area contributed by atoms with E-state index in [1.54, 1.807) is 11.8 Å². The van der Waals surface area contributed by atoms with Gasteiger partial charge in [-0.15, -0.1) is 11.8 Å². The molecule has 0 spiro atoms. The SMILES string of the molecule is CC(=O)OCOC(=O)[C@@H]1N2C(=O)[C@H](Br)[C@H]2SC1(C)C. The van der Waals surface area contributed by atoms with Crippen molar-refractivity contribution in [1.29, 1.82) is 0 Å². The van der Waals surface area contributed by atoms with Crippen molar-refractivity contribution in [3.05, 3.63) is 0 Å². The molecule has 2 aliphatic rings. The van der Waals surface area contributed by atoms with Gasteiger partial charge in [0.25, 0.3) is 0 Å². The summed E-state index contributed by atoms with van der Waals surface area (Å²) >= 11 is 4.85. The maximum Gasteiger partial charge on any atom is 0.333 e. The highest BCUT2D eigenvalue weighted by atomic mass is 79.9. The highest BCUT2D eigenvalue weighted by Crippen LogP contribution is 2.52. The molecule has 0 saturated carbocycles. The fourth-order valence-electron chi connectivity index (χ4n) is 2.20. The van der Waals surface area contributed by atoms with Gasteiger partial charge in [0, 0.05) is 11.7 Å². The Labute approximate surface area is 123 Å². The zero-order chi connectivity index (χ0) is 14.4. The summed E-state index contributed by atoms with van der Waals surface area (Å²) in [6, 6.07) is -0.653. The van der Waals surface area contributed by atoms with E-state index in [9.17, 15) is 14.4 Å². The molecule has 2 fully saturated rings. The molecule has 2 aliphatic heterocycles. The number of nitrogens with zero attached hydrogens (tertiary/aromatic N) is 1. The summed E-state index contributed by atoms with van der Waals surface area (Å²) in [5.74, 6) is -1.18. The number of rotatable bonds is 3. The van der Waals surface area contributed by atoms with Crippen LogP contribution in [0.1, 0.15) is 20.8 Å². The molecule has 0 aromatic heterocycles. The van der Waals surface area contributed by atoms with Crippen LogP contribution in [0.25, 0.3) is 0 Å². The van der Waals surface area contributed by atoms with Crippen molar-refractivity contribution in [1.82, 2.24) is 4.90 Å². The summed E-state index contributed by atoms with van der Waals surface area (Å²) < 4.78 is 9.04. The molecule has 6 nitrogen and oxygen atoms in total. The molecule has 0 aliphatic carbocycles. The van der Waals surface area contributed by atoms with Crippen LogP contribution in [-0.2, 0) is 23.9 Å². The average molecular weight is 352 g/mol. The van der Waals surface area contributed by atoms with Crippen LogP contribution >= 0.6 is 27.7 Å². The quantitative estimate of drug-likeness (QED) is 0.325. The third-order valence-electron chi connectivity index (χ3n) is 3.06. The molecule has 106 valence electrons. The third-order valence-corrected chi connectivity index (χ3v) is 5.88. The van der Waals surface area contributed by atoms with E-state index >= 15 is 0 Å². The van der Waals surface area contributed by atoms with Gasteiger partial charge < -0.3 is 14.4 Å². The first kappa shape index (κ1) is 14.6. The molecule has 2 heterocycles. The first-order valence-corrected chi connectivity index (χ1v) is 7.49. The summed E-state index contributed by atoms with van der Waals surface area (Å²) in [7, 11) is 0. The fraction of sp³-hybridized carbons (Fsp3) is 0.727. The maximum atomic E-state index is 12.0. The van der Waals surface area contributed by atoms with E-state index < -0.39 is 29.5 Å². The van der Waals surface area contributed by atoms with Crippen molar-refractivity contribution in [2.75, 3.05) is 6.79 Å². The van der Waals surface area contributed by atoms with E-state index in [4.69, 9.17) is 4.74 Å². The number of halogens is 1. The lowest BCUT2D eigenvalue weighted by atomic mass is 9.98. The monoisotopic (exact) mass is 351 g/mol. The Bertz CT molecular complexity index is 441. The van der Waals surface area contributed by atoms with Crippen molar-refractivity contribution >= 4 is 45.5 Å². The highest BCUT2D eigenvalue weighted by molar-refractivity contribution is 9.10. The molecule has 0 N–H and O–H groups in total. The molecule has 3 atom stereocenters. The first-order chi connectivity index (χ1) is 8.75. The van der Waals surface area contributed by atoms with Gasteiger partial charge in [0.1, 0.15) is 16.2 Å². The number of amides is 1. The molecule has 2 saturated heterocycles. The average Bonchev–Trinajstić information content (AvgIpc) is 2.57. The van der Waals surface area contributed by atoms with Gasteiger partial charge >= 0.3 is 11.9 Å². The molecule has 0 aromatic carbocycles. The van der Waals surface area contributed by atoms with Crippen molar-refractivity contribution in [2.45, 2.75) is 41.8 Å². The molecule has 0 aromatic rings. The molecule has 19 heavy (non-hydrogen) atoms. The number of β-lactam (4-membered cyclic amide) rings is 1. The predicted molar refractivity (Wildman–Crippen MR) is 71.5 cm³/mol. The molecule has 0 unspecified atom stereocenters. The number of carbonyl (C=O) groups is 3. The minimum Gasteiger partial charge on any atom is -0.428 e. The van der Waals surface area contributed by atoms with Gasteiger partial charge in [-0.05, 0) is 13.8 Å². The Hall–Kier alpha value is -0.760. The van der Waals surface area contributed by atoms with Crippen LogP contribution in [0.4, 0.5) is 0 Å². The molecule has 0 bridgehead atoms. The van der Waals surface area contributed by atoms with E-state index in [0.29, 0.717) is 0 Å². The van der Waals surface area contributed by atoms with Gasteiger partial charge in [0.2, 0.25) is 12.7 Å². The van der Waals surface area contributed by atoms with E-state index in [1.165, 1.54) is 11.8 Å². The standard InChI is InChI=1S/C11H14BrNO5S/c1-5(14)17-4-18-10(16)7-11(2,3)19-9-6(12)8(15)13(7)9/h6-7,9H,4H2,1-3H3/t6-,7-,9+/m0/s1. The first-order valence-electron chi connectivity index (χ1n) is 5.70. The molecular formula is C11H14BrNO5S. The largest absolute Gasteiger partial charge is 0.428 e. The molecule has 2 rings (SSSR count). The van der Waals surface area contributed by atoms with Gasteiger partial charge in [0.05, 0.1) is 0 Å². The molecule has 8 heteroatoms. The maximum absolute atomic E-state index is 12.0. The number of thioether (sulfide) groups is 1. The lowest BCUT2D eigenvalue weighted by Crippen LogP contribution is -2.63.